The summed E-state index contributed by atoms with van der Waals surface area (Å²) >= 11 is 1.14. The van der Waals surface area contributed by atoms with Crippen LogP contribution in [0.3, 0.4) is 0 Å². The Morgan fingerprint density at radius 2 is 1.71 bits per heavy atom. The van der Waals surface area contributed by atoms with Gasteiger partial charge in [0.1, 0.15) is 9.45 Å². The Hall–Kier alpha value is -0.940. The van der Waals surface area contributed by atoms with Crippen molar-refractivity contribution in [3.8, 4) is 11.5 Å². The van der Waals surface area contributed by atoms with Crippen molar-refractivity contribution >= 4 is 22.6 Å². The van der Waals surface area contributed by atoms with Crippen molar-refractivity contribution in [3.05, 3.63) is 15.5 Å². The molecule has 1 aromatic rings. The van der Waals surface area contributed by atoms with Crippen molar-refractivity contribution in [2.75, 3.05) is 0 Å². The number of aromatic nitrogens is 1. The van der Waals surface area contributed by atoms with Crippen LogP contribution >= 0.6 is 22.6 Å². The molecule has 0 saturated heterocycles. The zero-order valence-corrected chi connectivity index (χ0v) is 9.68. The molecule has 0 aliphatic heterocycles. The molecule has 0 saturated carbocycles. The molecule has 0 fully saturated rings. The van der Waals surface area contributed by atoms with Crippen molar-refractivity contribution < 1.29 is 36.2 Å². The second-order valence-corrected chi connectivity index (χ2v) is 3.71. The molecule has 0 bridgehead atoms. The van der Waals surface area contributed by atoms with E-state index >= 15 is 0 Å². The van der Waals surface area contributed by atoms with Crippen LogP contribution < -0.4 is 4.74 Å². The number of aromatic hydroxyl groups is 1. The SMILES string of the molecule is Oc1cc(OC(F)(F)F)c(I)nc1C(F)(F)F. The number of rotatable bonds is 1. The predicted octanol–water partition coefficient (Wildman–Crippen LogP) is 3.31. The van der Waals surface area contributed by atoms with Crippen LogP contribution in [0.2, 0.25) is 0 Å². The van der Waals surface area contributed by atoms with E-state index in [0.717, 1.165) is 22.6 Å². The number of hydrogen-bond acceptors (Lipinski definition) is 3. The normalized spacial score (nSPS) is 12.6. The number of pyridine rings is 1. The van der Waals surface area contributed by atoms with E-state index < -0.39 is 33.4 Å². The first kappa shape index (κ1) is 14.1. The molecule has 0 atom stereocenters. The first-order valence-corrected chi connectivity index (χ1v) is 4.81. The molecule has 1 rings (SSSR count). The third kappa shape index (κ3) is 3.78. The van der Waals surface area contributed by atoms with E-state index in [1.807, 2.05) is 0 Å². The lowest BCUT2D eigenvalue weighted by Gasteiger charge is -2.13. The molecular weight excluding hydrogens is 371 g/mol. The fourth-order valence-corrected chi connectivity index (χ4v) is 1.37. The lowest BCUT2D eigenvalue weighted by molar-refractivity contribution is -0.275. The Morgan fingerprint density at radius 3 is 2.12 bits per heavy atom. The first-order valence-electron chi connectivity index (χ1n) is 3.73. The summed E-state index contributed by atoms with van der Waals surface area (Å²) in [5, 5.41) is 8.92. The summed E-state index contributed by atoms with van der Waals surface area (Å²) in [5.74, 6) is -2.43. The van der Waals surface area contributed by atoms with Gasteiger partial charge in [-0.25, -0.2) is 4.98 Å². The smallest absolute Gasteiger partial charge is 0.506 e. The maximum absolute atomic E-state index is 12.2. The number of ether oxygens (including phenoxy) is 1. The van der Waals surface area contributed by atoms with Gasteiger partial charge in [0, 0.05) is 6.07 Å². The minimum Gasteiger partial charge on any atom is -0.506 e. The topological polar surface area (TPSA) is 42.4 Å². The van der Waals surface area contributed by atoms with Crippen LogP contribution in [0.4, 0.5) is 26.3 Å². The van der Waals surface area contributed by atoms with Crippen molar-refractivity contribution in [1.29, 1.82) is 0 Å². The van der Waals surface area contributed by atoms with Crippen LogP contribution in [-0.2, 0) is 6.18 Å². The maximum Gasteiger partial charge on any atom is 0.573 e. The summed E-state index contributed by atoms with van der Waals surface area (Å²) in [6.07, 6.45) is -10.0. The Bertz CT molecular complexity index is 430. The number of halogens is 7. The average Bonchev–Trinajstić information content (AvgIpc) is 2.06. The highest BCUT2D eigenvalue weighted by atomic mass is 127. The highest BCUT2D eigenvalue weighted by Crippen LogP contribution is 2.38. The van der Waals surface area contributed by atoms with Crippen LogP contribution in [-0.4, -0.2) is 16.5 Å². The summed E-state index contributed by atoms with van der Waals surface area (Å²) < 4.78 is 74.8. The molecule has 1 heterocycles. The largest absolute Gasteiger partial charge is 0.573 e. The van der Waals surface area contributed by atoms with Gasteiger partial charge in [-0.15, -0.1) is 13.2 Å². The molecule has 1 aromatic heterocycles. The molecule has 0 aliphatic rings. The summed E-state index contributed by atoms with van der Waals surface area (Å²) in [7, 11) is 0. The number of alkyl halides is 6. The second kappa shape index (κ2) is 4.38. The minimum absolute atomic E-state index is 0.213. The molecule has 3 nitrogen and oxygen atoms in total. The Balaban J connectivity index is 3.19. The Labute approximate surface area is 104 Å². The van der Waals surface area contributed by atoms with Gasteiger partial charge < -0.3 is 9.84 Å². The zero-order valence-electron chi connectivity index (χ0n) is 7.53. The molecule has 0 aromatic carbocycles. The molecule has 96 valence electrons. The highest BCUT2D eigenvalue weighted by molar-refractivity contribution is 14.1. The summed E-state index contributed by atoms with van der Waals surface area (Å²) in [6, 6.07) is 0.213. The molecule has 0 amide bonds. The van der Waals surface area contributed by atoms with Gasteiger partial charge in [-0.2, -0.15) is 13.2 Å². The van der Waals surface area contributed by atoms with Crippen molar-refractivity contribution in [1.82, 2.24) is 4.98 Å². The third-order valence-corrected chi connectivity index (χ3v) is 2.19. The van der Waals surface area contributed by atoms with Crippen molar-refractivity contribution in [3.63, 3.8) is 0 Å². The lowest BCUT2D eigenvalue weighted by Crippen LogP contribution is -2.19. The van der Waals surface area contributed by atoms with Gasteiger partial charge in [-0.3, -0.25) is 0 Å². The van der Waals surface area contributed by atoms with E-state index in [0.29, 0.717) is 0 Å². The van der Waals surface area contributed by atoms with E-state index in [1.165, 1.54) is 0 Å². The lowest BCUT2D eigenvalue weighted by atomic mass is 10.3. The zero-order chi connectivity index (χ0) is 13.4. The predicted molar refractivity (Wildman–Crippen MR) is 50.3 cm³/mol. The maximum atomic E-state index is 12.2. The van der Waals surface area contributed by atoms with E-state index in [4.69, 9.17) is 5.11 Å². The van der Waals surface area contributed by atoms with Crippen molar-refractivity contribution in [2.24, 2.45) is 0 Å². The van der Waals surface area contributed by atoms with E-state index in [2.05, 4.69) is 9.72 Å². The van der Waals surface area contributed by atoms with Crippen LogP contribution in [0.5, 0.6) is 11.5 Å². The Morgan fingerprint density at radius 1 is 1.18 bits per heavy atom. The van der Waals surface area contributed by atoms with Crippen LogP contribution in [0.15, 0.2) is 6.07 Å². The van der Waals surface area contributed by atoms with Gasteiger partial charge in [0.25, 0.3) is 0 Å². The molecular formula is C7H2F6INO2. The summed E-state index contributed by atoms with van der Waals surface area (Å²) in [4.78, 5) is 2.81. The number of nitrogens with zero attached hydrogens (tertiary/aromatic N) is 1. The Kier molecular flexibility index (Phi) is 3.64. The van der Waals surface area contributed by atoms with Crippen LogP contribution in [0, 0.1) is 3.70 Å². The molecule has 17 heavy (non-hydrogen) atoms. The van der Waals surface area contributed by atoms with Gasteiger partial charge >= 0.3 is 12.5 Å². The number of hydrogen-bond donors (Lipinski definition) is 1. The monoisotopic (exact) mass is 373 g/mol. The molecule has 0 spiro atoms. The molecule has 0 unspecified atom stereocenters. The summed E-state index contributed by atoms with van der Waals surface area (Å²) in [5.41, 5.74) is -1.67. The standard InChI is InChI=1S/C7H2F6INO2/c8-6(9,10)4-2(16)1-3(5(14)15-4)17-7(11,12)13/h1,16H. The van der Waals surface area contributed by atoms with E-state index in [9.17, 15) is 26.3 Å². The van der Waals surface area contributed by atoms with E-state index in [1.54, 1.807) is 0 Å². The van der Waals surface area contributed by atoms with Crippen LogP contribution in [0.25, 0.3) is 0 Å². The van der Waals surface area contributed by atoms with Gasteiger partial charge in [0.05, 0.1) is 0 Å². The van der Waals surface area contributed by atoms with Crippen LogP contribution in [0.1, 0.15) is 5.69 Å². The van der Waals surface area contributed by atoms with E-state index in [-0.39, 0.29) is 6.07 Å². The second-order valence-electron chi connectivity index (χ2n) is 2.69. The molecule has 1 N–H and O–H groups in total. The molecule has 0 aliphatic carbocycles. The van der Waals surface area contributed by atoms with Gasteiger partial charge in [0.2, 0.25) is 0 Å². The quantitative estimate of drug-likeness (QED) is 0.467. The molecule has 0 radical (unpaired) electrons. The fraction of sp³-hybridized carbons (Fsp3) is 0.286. The van der Waals surface area contributed by atoms with Gasteiger partial charge in [-0.1, -0.05) is 0 Å². The summed E-state index contributed by atoms with van der Waals surface area (Å²) in [6.45, 7) is 0. The van der Waals surface area contributed by atoms with Gasteiger partial charge in [0.15, 0.2) is 11.4 Å². The minimum atomic E-state index is -5.08. The first-order chi connectivity index (χ1) is 7.50. The third-order valence-electron chi connectivity index (χ3n) is 1.42. The average molecular weight is 373 g/mol. The molecule has 10 heteroatoms. The van der Waals surface area contributed by atoms with Crippen molar-refractivity contribution in [2.45, 2.75) is 12.5 Å². The fourth-order valence-electron chi connectivity index (χ4n) is 0.867. The van der Waals surface area contributed by atoms with Gasteiger partial charge in [-0.05, 0) is 22.6 Å². The highest BCUT2D eigenvalue weighted by Gasteiger charge is 2.38.